The van der Waals surface area contributed by atoms with Crippen LogP contribution in [0, 0.1) is 5.92 Å². The summed E-state index contributed by atoms with van der Waals surface area (Å²) in [6.45, 7) is 0. The molecule has 168 valence electrons. The molecule has 1 amide bonds. The maximum absolute atomic E-state index is 13.4. The van der Waals surface area contributed by atoms with Crippen molar-refractivity contribution in [2.24, 2.45) is 5.92 Å². The molecule has 1 aromatic carbocycles. The lowest BCUT2D eigenvalue weighted by Crippen LogP contribution is -2.45. The van der Waals surface area contributed by atoms with Gasteiger partial charge in [0.25, 0.3) is 0 Å². The Morgan fingerprint density at radius 2 is 1.71 bits per heavy atom. The largest absolute Gasteiger partial charge is 0.433 e. The van der Waals surface area contributed by atoms with Crippen molar-refractivity contribution < 1.29 is 18.0 Å². The summed E-state index contributed by atoms with van der Waals surface area (Å²) in [5.74, 6) is 0.338. The van der Waals surface area contributed by atoms with Crippen LogP contribution in [-0.4, -0.2) is 30.0 Å². The van der Waals surface area contributed by atoms with Crippen molar-refractivity contribution in [3.05, 3.63) is 36.0 Å². The Bertz CT molecular complexity index is 916. The highest BCUT2D eigenvalue weighted by Crippen LogP contribution is 2.36. The number of alkyl halides is 3. The number of rotatable bonds is 4. The fourth-order valence-corrected chi connectivity index (χ4v) is 5.08. The van der Waals surface area contributed by atoms with Crippen LogP contribution in [0.2, 0.25) is 0 Å². The zero-order valence-electron chi connectivity index (χ0n) is 17.9. The van der Waals surface area contributed by atoms with E-state index in [0.29, 0.717) is 11.2 Å². The van der Waals surface area contributed by atoms with Crippen LogP contribution >= 0.6 is 0 Å². The van der Waals surface area contributed by atoms with Crippen molar-refractivity contribution in [2.75, 3.05) is 11.9 Å². The maximum Gasteiger partial charge on any atom is 0.433 e. The summed E-state index contributed by atoms with van der Waals surface area (Å²) in [4.78, 5) is 18.3. The van der Waals surface area contributed by atoms with E-state index in [1.54, 1.807) is 12.1 Å². The minimum Gasteiger partial charge on any atom is -0.371 e. The first-order valence-electron chi connectivity index (χ1n) is 11.3. The van der Waals surface area contributed by atoms with E-state index >= 15 is 0 Å². The third-order valence-corrected chi connectivity index (χ3v) is 6.93. The predicted octanol–water partition coefficient (Wildman–Crippen LogP) is 5.70. The second kappa shape index (κ2) is 9.05. The molecule has 4 rings (SSSR count). The van der Waals surface area contributed by atoms with Gasteiger partial charge in [0.05, 0.1) is 5.52 Å². The molecule has 0 bridgehead atoms. The van der Waals surface area contributed by atoms with Crippen LogP contribution in [0.4, 0.5) is 18.9 Å². The van der Waals surface area contributed by atoms with E-state index in [4.69, 9.17) is 0 Å². The molecule has 2 aliphatic carbocycles. The fourth-order valence-electron chi connectivity index (χ4n) is 5.08. The van der Waals surface area contributed by atoms with E-state index in [1.807, 2.05) is 24.1 Å². The first-order valence-corrected chi connectivity index (χ1v) is 11.3. The molecule has 2 aromatic rings. The van der Waals surface area contributed by atoms with Crippen molar-refractivity contribution in [2.45, 2.75) is 76.0 Å². The first kappa shape index (κ1) is 21.9. The van der Waals surface area contributed by atoms with Gasteiger partial charge in [0.15, 0.2) is 0 Å². The molecule has 1 heterocycles. The molecule has 2 saturated carbocycles. The minimum atomic E-state index is -4.49. The standard InChI is InChI=1S/C24H30F3N3O/c1-30(21-15-22(24(25,26)27)29-20-10-6-5-9-19(20)21)18-13-11-17(12-14-18)28-23(31)16-7-3-2-4-8-16/h5-6,9-10,15-18H,2-4,7-8,11-14H2,1H3,(H,28,31)/t17-,18+. The molecule has 2 aliphatic rings. The van der Waals surface area contributed by atoms with E-state index in [2.05, 4.69) is 10.3 Å². The van der Waals surface area contributed by atoms with Crippen molar-refractivity contribution in [3.8, 4) is 0 Å². The molecule has 0 atom stereocenters. The van der Waals surface area contributed by atoms with Gasteiger partial charge in [0.2, 0.25) is 5.91 Å². The Morgan fingerprint density at radius 3 is 2.39 bits per heavy atom. The number of hydrogen-bond acceptors (Lipinski definition) is 3. The maximum atomic E-state index is 13.4. The molecule has 0 spiro atoms. The minimum absolute atomic E-state index is 0.134. The zero-order valence-corrected chi connectivity index (χ0v) is 17.9. The van der Waals surface area contributed by atoms with E-state index in [9.17, 15) is 18.0 Å². The molecule has 1 N–H and O–H groups in total. The third kappa shape index (κ3) is 4.96. The lowest BCUT2D eigenvalue weighted by molar-refractivity contribution is -0.140. The van der Waals surface area contributed by atoms with E-state index in [-0.39, 0.29) is 23.9 Å². The molecule has 0 aliphatic heterocycles. The van der Waals surface area contributed by atoms with E-state index in [1.165, 1.54) is 12.5 Å². The molecule has 0 unspecified atom stereocenters. The number of nitrogens with one attached hydrogen (secondary N) is 1. The van der Waals surface area contributed by atoms with Gasteiger partial charge >= 0.3 is 6.18 Å². The molecular formula is C24H30F3N3O. The highest BCUT2D eigenvalue weighted by atomic mass is 19.4. The monoisotopic (exact) mass is 433 g/mol. The smallest absolute Gasteiger partial charge is 0.371 e. The molecule has 2 fully saturated rings. The summed E-state index contributed by atoms with van der Waals surface area (Å²) in [7, 11) is 1.87. The van der Waals surface area contributed by atoms with E-state index in [0.717, 1.165) is 56.8 Å². The molecule has 4 nitrogen and oxygen atoms in total. The summed E-state index contributed by atoms with van der Waals surface area (Å²) in [5, 5.41) is 3.96. The first-order chi connectivity index (χ1) is 14.8. The Kier molecular flexibility index (Phi) is 6.39. The van der Waals surface area contributed by atoms with Crippen LogP contribution in [0.15, 0.2) is 30.3 Å². The summed E-state index contributed by atoms with van der Waals surface area (Å²) >= 11 is 0. The van der Waals surface area contributed by atoms with Crippen molar-refractivity contribution in [1.82, 2.24) is 10.3 Å². The number of nitrogens with zero attached hydrogens (tertiary/aromatic N) is 2. The van der Waals surface area contributed by atoms with Gasteiger partial charge in [-0.3, -0.25) is 4.79 Å². The molecule has 0 saturated heterocycles. The van der Waals surface area contributed by atoms with Gasteiger partial charge < -0.3 is 10.2 Å². The number of para-hydroxylation sites is 1. The SMILES string of the molecule is CN(c1cc(C(F)(F)F)nc2ccccc12)[C@H]1CC[C@@H](NC(=O)C2CCCCC2)CC1. The third-order valence-electron chi connectivity index (χ3n) is 6.93. The number of fused-ring (bicyclic) bond motifs is 1. The van der Waals surface area contributed by atoms with Crippen molar-refractivity contribution in [1.29, 1.82) is 0 Å². The number of hydrogen-bond donors (Lipinski definition) is 1. The second-order valence-corrected chi connectivity index (χ2v) is 9.00. The zero-order chi connectivity index (χ0) is 22.0. The number of amides is 1. The summed E-state index contributed by atoms with van der Waals surface area (Å²) < 4.78 is 40.2. The number of carbonyl (C=O) groups excluding carboxylic acids is 1. The molecule has 7 heteroatoms. The highest BCUT2D eigenvalue weighted by Gasteiger charge is 2.35. The van der Waals surface area contributed by atoms with Gasteiger partial charge in [-0.15, -0.1) is 0 Å². The number of anilines is 1. The number of benzene rings is 1. The lowest BCUT2D eigenvalue weighted by Gasteiger charge is -2.37. The second-order valence-electron chi connectivity index (χ2n) is 9.00. The van der Waals surface area contributed by atoms with Gasteiger partial charge in [-0.2, -0.15) is 13.2 Å². The Labute approximate surface area is 181 Å². The highest BCUT2D eigenvalue weighted by molar-refractivity contribution is 5.92. The van der Waals surface area contributed by atoms with Crippen molar-refractivity contribution in [3.63, 3.8) is 0 Å². The Hall–Kier alpha value is -2.31. The Morgan fingerprint density at radius 1 is 1.03 bits per heavy atom. The molecule has 31 heavy (non-hydrogen) atoms. The van der Waals surface area contributed by atoms with Crippen molar-refractivity contribution >= 4 is 22.5 Å². The van der Waals surface area contributed by atoms with Gasteiger partial charge in [-0.05, 0) is 50.7 Å². The van der Waals surface area contributed by atoms with Crippen LogP contribution in [0.1, 0.15) is 63.5 Å². The average molecular weight is 434 g/mol. The van der Waals surface area contributed by atoms with Crippen LogP contribution < -0.4 is 10.2 Å². The molecule has 1 aromatic heterocycles. The number of carbonyl (C=O) groups is 1. The van der Waals surface area contributed by atoms with Gasteiger partial charge in [0, 0.05) is 36.1 Å². The summed E-state index contributed by atoms with van der Waals surface area (Å²) in [6, 6.07) is 8.45. The fraction of sp³-hybridized carbons (Fsp3) is 0.583. The topological polar surface area (TPSA) is 45.2 Å². The number of halogens is 3. The number of aromatic nitrogens is 1. The van der Waals surface area contributed by atoms with Crippen LogP contribution in [0.3, 0.4) is 0 Å². The van der Waals surface area contributed by atoms with Gasteiger partial charge in [-0.1, -0.05) is 37.5 Å². The predicted molar refractivity (Wildman–Crippen MR) is 116 cm³/mol. The van der Waals surface area contributed by atoms with Crippen LogP contribution in [0.5, 0.6) is 0 Å². The van der Waals surface area contributed by atoms with Crippen LogP contribution in [0.25, 0.3) is 10.9 Å². The molecular weight excluding hydrogens is 403 g/mol. The quantitative estimate of drug-likeness (QED) is 0.673. The Balaban J connectivity index is 1.44. The summed E-state index contributed by atoms with van der Waals surface area (Å²) in [6.07, 6.45) is 4.35. The summed E-state index contributed by atoms with van der Waals surface area (Å²) in [5.41, 5.74) is 0.0571. The van der Waals surface area contributed by atoms with Gasteiger partial charge in [0.1, 0.15) is 5.69 Å². The average Bonchev–Trinajstić information content (AvgIpc) is 2.78. The van der Waals surface area contributed by atoms with Crippen LogP contribution in [-0.2, 0) is 11.0 Å². The van der Waals surface area contributed by atoms with E-state index < -0.39 is 11.9 Å². The number of pyridine rings is 1. The lowest BCUT2D eigenvalue weighted by atomic mass is 9.86. The molecule has 0 radical (unpaired) electrons. The normalized spacial score (nSPS) is 23.0. The van der Waals surface area contributed by atoms with Gasteiger partial charge in [-0.25, -0.2) is 4.98 Å².